The number of benzene rings is 2. The van der Waals surface area contributed by atoms with Crippen molar-refractivity contribution in [3.05, 3.63) is 90.0 Å². The van der Waals surface area contributed by atoms with Crippen LogP contribution in [0.4, 0.5) is 0 Å². The first-order chi connectivity index (χ1) is 12.7. The first kappa shape index (κ1) is 16.0. The van der Waals surface area contributed by atoms with Crippen molar-refractivity contribution in [3.8, 4) is 5.69 Å². The van der Waals surface area contributed by atoms with Gasteiger partial charge in [0.2, 0.25) is 5.91 Å². The summed E-state index contributed by atoms with van der Waals surface area (Å²) in [6, 6.07) is 17.9. The van der Waals surface area contributed by atoms with Gasteiger partial charge in [-0.25, -0.2) is 0 Å². The molecule has 0 spiro atoms. The van der Waals surface area contributed by atoms with E-state index in [1.807, 2.05) is 66.1 Å². The fourth-order valence-corrected chi connectivity index (χ4v) is 3.10. The molecule has 0 radical (unpaired) electrons. The Kier molecular flexibility index (Phi) is 3.93. The maximum absolute atomic E-state index is 12.0. The Labute approximate surface area is 150 Å². The molecule has 4 rings (SSSR count). The molecule has 1 aromatic heterocycles. The minimum atomic E-state index is -0.663. The smallest absolute Gasteiger partial charge is 0.245 e. The van der Waals surface area contributed by atoms with E-state index in [9.17, 15) is 4.79 Å². The zero-order valence-electron chi connectivity index (χ0n) is 14.3. The number of carbonyl (C=O) groups is 1. The summed E-state index contributed by atoms with van der Waals surface area (Å²) in [5, 5.41) is 11.3. The standard InChI is InChI=1S/C20H17N5O/c1-3-17(26)21-19-20-24-23-13(2)25(20)16-12-8-7-11-15(16)18(22-19)14-9-5-4-6-10-14/h3-12,19H,1H2,2H3,(H,21,26). The van der Waals surface area contributed by atoms with Gasteiger partial charge in [0.1, 0.15) is 5.82 Å². The number of nitrogens with zero attached hydrogens (tertiary/aromatic N) is 4. The van der Waals surface area contributed by atoms with Crippen molar-refractivity contribution in [3.63, 3.8) is 0 Å². The summed E-state index contributed by atoms with van der Waals surface area (Å²) in [6.07, 6.45) is 0.563. The quantitative estimate of drug-likeness (QED) is 0.743. The van der Waals surface area contributed by atoms with E-state index in [1.165, 1.54) is 6.08 Å². The molecule has 1 atom stereocenters. The molecule has 0 bridgehead atoms. The molecular formula is C20H17N5O. The third kappa shape index (κ3) is 2.61. The van der Waals surface area contributed by atoms with Crippen LogP contribution in [0.15, 0.2) is 72.2 Å². The molecule has 2 aromatic carbocycles. The van der Waals surface area contributed by atoms with Gasteiger partial charge in [-0.05, 0) is 19.1 Å². The van der Waals surface area contributed by atoms with Crippen LogP contribution in [0.2, 0.25) is 0 Å². The van der Waals surface area contributed by atoms with E-state index in [4.69, 9.17) is 4.99 Å². The van der Waals surface area contributed by atoms with Gasteiger partial charge in [-0.15, -0.1) is 10.2 Å². The van der Waals surface area contributed by atoms with Crippen LogP contribution in [0.25, 0.3) is 5.69 Å². The Bertz CT molecular complexity index is 1020. The molecule has 1 amide bonds. The molecule has 0 saturated carbocycles. The topological polar surface area (TPSA) is 72.2 Å². The number of nitrogens with one attached hydrogen (secondary N) is 1. The molecule has 0 saturated heterocycles. The monoisotopic (exact) mass is 343 g/mol. The van der Waals surface area contributed by atoms with Crippen LogP contribution in [-0.4, -0.2) is 26.4 Å². The summed E-state index contributed by atoms with van der Waals surface area (Å²) in [4.78, 5) is 16.8. The maximum Gasteiger partial charge on any atom is 0.245 e. The minimum Gasteiger partial charge on any atom is -0.324 e. The Morgan fingerprint density at radius 1 is 1.12 bits per heavy atom. The molecule has 0 aliphatic carbocycles. The first-order valence-electron chi connectivity index (χ1n) is 8.27. The van der Waals surface area contributed by atoms with Gasteiger partial charge in [0, 0.05) is 11.1 Å². The van der Waals surface area contributed by atoms with Crippen LogP contribution in [0.3, 0.4) is 0 Å². The van der Waals surface area contributed by atoms with E-state index in [0.29, 0.717) is 5.82 Å². The van der Waals surface area contributed by atoms with Crippen LogP contribution in [-0.2, 0) is 4.79 Å². The summed E-state index contributed by atoms with van der Waals surface area (Å²) in [5.41, 5.74) is 3.65. The van der Waals surface area contributed by atoms with Crippen molar-refractivity contribution in [2.45, 2.75) is 13.1 Å². The molecule has 0 fully saturated rings. The fourth-order valence-electron chi connectivity index (χ4n) is 3.10. The lowest BCUT2D eigenvalue weighted by Crippen LogP contribution is -2.27. The lowest BCUT2D eigenvalue weighted by molar-refractivity contribution is -0.117. The van der Waals surface area contributed by atoms with Gasteiger partial charge in [-0.1, -0.05) is 55.1 Å². The van der Waals surface area contributed by atoms with Crippen LogP contribution in [0.5, 0.6) is 0 Å². The number of para-hydroxylation sites is 1. The van der Waals surface area contributed by atoms with Crippen LogP contribution < -0.4 is 5.32 Å². The molecular weight excluding hydrogens is 326 g/mol. The van der Waals surface area contributed by atoms with Gasteiger partial charge in [0.25, 0.3) is 0 Å². The normalized spacial score (nSPS) is 15.3. The predicted molar refractivity (Wildman–Crippen MR) is 99.3 cm³/mol. The number of aromatic nitrogens is 3. The van der Waals surface area contributed by atoms with E-state index in [1.54, 1.807) is 0 Å². The van der Waals surface area contributed by atoms with Gasteiger partial charge >= 0.3 is 0 Å². The lowest BCUT2D eigenvalue weighted by Gasteiger charge is -2.13. The van der Waals surface area contributed by atoms with Crippen molar-refractivity contribution >= 4 is 11.6 Å². The summed E-state index contributed by atoms with van der Waals surface area (Å²) >= 11 is 0. The average molecular weight is 343 g/mol. The third-order valence-electron chi connectivity index (χ3n) is 4.26. The number of aliphatic imine (C=N–C) groups is 1. The van der Waals surface area contributed by atoms with Gasteiger partial charge in [-0.2, -0.15) is 0 Å². The van der Waals surface area contributed by atoms with Crippen molar-refractivity contribution in [1.29, 1.82) is 0 Å². The molecule has 1 aliphatic heterocycles. The van der Waals surface area contributed by atoms with E-state index in [0.717, 1.165) is 28.4 Å². The van der Waals surface area contributed by atoms with E-state index >= 15 is 0 Å². The molecule has 128 valence electrons. The van der Waals surface area contributed by atoms with Gasteiger partial charge in [0.05, 0.1) is 11.4 Å². The molecule has 6 nitrogen and oxygen atoms in total. The molecule has 1 aliphatic rings. The van der Waals surface area contributed by atoms with E-state index < -0.39 is 6.17 Å². The van der Waals surface area contributed by atoms with E-state index in [-0.39, 0.29) is 5.91 Å². The minimum absolute atomic E-state index is 0.315. The number of hydrogen-bond acceptors (Lipinski definition) is 4. The Balaban J connectivity index is 1.99. The fraction of sp³-hybridized carbons (Fsp3) is 0.100. The zero-order valence-corrected chi connectivity index (χ0v) is 14.3. The molecule has 1 unspecified atom stereocenters. The zero-order chi connectivity index (χ0) is 18.1. The van der Waals surface area contributed by atoms with Gasteiger partial charge < -0.3 is 5.32 Å². The average Bonchev–Trinajstić information content (AvgIpc) is 3.00. The lowest BCUT2D eigenvalue weighted by atomic mass is 10.0. The Hall–Kier alpha value is -3.54. The van der Waals surface area contributed by atoms with Crippen molar-refractivity contribution in [2.24, 2.45) is 4.99 Å². The second-order valence-electron chi connectivity index (χ2n) is 5.92. The molecule has 2 heterocycles. The van der Waals surface area contributed by atoms with Crippen LogP contribution in [0, 0.1) is 6.92 Å². The number of hydrogen-bond donors (Lipinski definition) is 1. The Morgan fingerprint density at radius 3 is 2.62 bits per heavy atom. The number of carbonyl (C=O) groups excluding carboxylic acids is 1. The molecule has 26 heavy (non-hydrogen) atoms. The largest absolute Gasteiger partial charge is 0.324 e. The number of rotatable bonds is 3. The van der Waals surface area contributed by atoms with Gasteiger partial charge in [0.15, 0.2) is 12.0 Å². The van der Waals surface area contributed by atoms with Crippen molar-refractivity contribution in [1.82, 2.24) is 20.1 Å². The number of fused-ring (bicyclic) bond motifs is 3. The maximum atomic E-state index is 12.0. The second kappa shape index (κ2) is 6.40. The number of aryl methyl sites for hydroxylation is 1. The molecule has 6 heteroatoms. The second-order valence-corrected chi connectivity index (χ2v) is 5.92. The predicted octanol–water partition coefficient (Wildman–Crippen LogP) is 2.73. The Morgan fingerprint density at radius 2 is 1.85 bits per heavy atom. The van der Waals surface area contributed by atoms with Gasteiger partial charge in [-0.3, -0.25) is 14.4 Å². The first-order valence-corrected chi connectivity index (χ1v) is 8.27. The SMILES string of the molecule is C=CC(=O)NC1N=C(c2ccccc2)c2ccccc2-n2c(C)nnc21. The third-order valence-corrected chi connectivity index (χ3v) is 4.26. The summed E-state index contributed by atoms with van der Waals surface area (Å²) in [7, 11) is 0. The summed E-state index contributed by atoms with van der Waals surface area (Å²) in [6.45, 7) is 5.41. The van der Waals surface area contributed by atoms with Crippen LogP contribution >= 0.6 is 0 Å². The van der Waals surface area contributed by atoms with Crippen molar-refractivity contribution < 1.29 is 4.79 Å². The highest BCUT2D eigenvalue weighted by Gasteiger charge is 2.28. The van der Waals surface area contributed by atoms with Crippen LogP contribution in [0.1, 0.15) is 28.9 Å². The van der Waals surface area contributed by atoms with Crippen molar-refractivity contribution in [2.75, 3.05) is 0 Å². The molecule has 1 N–H and O–H groups in total. The number of amides is 1. The summed E-state index contributed by atoms with van der Waals surface area (Å²) in [5.74, 6) is 0.982. The summed E-state index contributed by atoms with van der Waals surface area (Å²) < 4.78 is 1.93. The highest BCUT2D eigenvalue weighted by atomic mass is 16.1. The van der Waals surface area contributed by atoms with E-state index in [2.05, 4.69) is 22.1 Å². The highest BCUT2D eigenvalue weighted by Crippen LogP contribution is 2.29. The highest BCUT2D eigenvalue weighted by molar-refractivity contribution is 6.15. The molecule has 3 aromatic rings.